The number of nitrogens with one attached hydrogen (secondary N) is 1. The van der Waals surface area contributed by atoms with Gasteiger partial charge in [-0.3, -0.25) is 10.1 Å². The first-order valence-corrected chi connectivity index (χ1v) is 9.98. The normalized spacial score (nSPS) is 16.7. The van der Waals surface area contributed by atoms with E-state index >= 15 is 0 Å². The third-order valence-electron chi connectivity index (χ3n) is 3.40. The van der Waals surface area contributed by atoms with Gasteiger partial charge in [-0.25, -0.2) is 4.79 Å². The predicted molar refractivity (Wildman–Crippen MR) is 113 cm³/mol. The van der Waals surface area contributed by atoms with Gasteiger partial charge in [-0.1, -0.05) is 47.6 Å². The number of carbonyl (C=O) groups is 2. The minimum Gasteiger partial charge on any atom is -0.466 e. The van der Waals surface area contributed by atoms with E-state index < -0.39 is 11.9 Å². The Hall–Kier alpha value is -2.55. The highest BCUT2D eigenvalue weighted by Crippen LogP contribution is 2.32. The molecule has 9 heteroatoms. The van der Waals surface area contributed by atoms with Gasteiger partial charge in [0.2, 0.25) is 0 Å². The van der Waals surface area contributed by atoms with Crippen molar-refractivity contribution in [1.82, 2.24) is 5.32 Å². The molecule has 3 rings (SSSR count). The van der Waals surface area contributed by atoms with Gasteiger partial charge >= 0.3 is 5.97 Å². The summed E-state index contributed by atoms with van der Waals surface area (Å²) in [6.07, 6.45) is 2.69. The van der Waals surface area contributed by atoms with E-state index in [2.05, 4.69) is 20.3 Å². The van der Waals surface area contributed by atoms with E-state index in [-0.39, 0.29) is 4.91 Å². The molecule has 1 aliphatic heterocycles. The van der Waals surface area contributed by atoms with Gasteiger partial charge in [-0.2, -0.15) is 5.10 Å². The number of halogens is 1. The predicted octanol–water partition coefficient (Wildman–Crippen LogP) is 4.10. The Morgan fingerprint density at radius 1 is 1.21 bits per heavy atom. The largest absolute Gasteiger partial charge is 0.466 e. The first-order valence-electron chi connectivity index (χ1n) is 7.97. The number of carbonyl (C=O) groups excluding carboxylic acids is 2. The summed E-state index contributed by atoms with van der Waals surface area (Å²) >= 11 is 8.77. The molecule has 1 aliphatic rings. The van der Waals surface area contributed by atoms with Crippen molar-refractivity contribution in [3.05, 3.63) is 70.1 Å². The third-order valence-corrected chi connectivity index (χ3v) is 5.83. The molecule has 6 nitrogen and oxygen atoms in total. The quantitative estimate of drug-likeness (QED) is 0.333. The average Bonchev–Trinajstić information content (AvgIpc) is 3.04. The fourth-order valence-corrected chi connectivity index (χ4v) is 3.89. The fourth-order valence-electron chi connectivity index (χ4n) is 2.07. The highest BCUT2D eigenvalue weighted by atomic mass is 35.5. The molecule has 2 aromatic carbocycles. The number of hydrogen-bond donors (Lipinski definition) is 1. The minimum absolute atomic E-state index is 0.210. The standard InChI is InChI=1S/C19H14ClN3O3S2/c1-26-17(24)10-16-18(25)22-19(28-16)23-21-11-12-6-8-13(9-7-12)27-15-5-3-2-4-14(15)20/h2-11H,1H3,(H,22,23,25)/b16-10+,21-11?. The zero-order chi connectivity index (χ0) is 19.9. The summed E-state index contributed by atoms with van der Waals surface area (Å²) in [7, 11) is 1.24. The summed E-state index contributed by atoms with van der Waals surface area (Å²) in [6, 6.07) is 15.4. The molecule has 2 aromatic rings. The number of ether oxygens (including phenoxy) is 1. The van der Waals surface area contributed by atoms with Gasteiger partial charge in [-0.05, 0) is 41.6 Å². The zero-order valence-electron chi connectivity index (χ0n) is 14.6. The molecule has 0 radical (unpaired) electrons. The van der Waals surface area contributed by atoms with Gasteiger partial charge < -0.3 is 4.74 Å². The van der Waals surface area contributed by atoms with E-state index in [1.54, 1.807) is 18.0 Å². The Morgan fingerprint density at radius 3 is 2.68 bits per heavy atom. The van der Waals surface area contributed by atoms with Crippen LogP contribution in [0.15, 0.2) is 79.5 Å². The van der Waals surface area contributed by atoms with Crippen LogP contribution in [0.3, 0.4) is 0 Å². The fraction of sp³-hybridized carbons (Fsp3) is 0.0526. The molecule has 1 saturated heterocycles. The van der Waals surface area contributed by atoms with Crippen LogP contribution in [0.25, 0.3) is 0 Å². The van der Waals surface area contributed by atoms with Crippen LogP contribution in [0.1, 0.15) is 5.56 Å². The van der Waals surface area contributed by atoms with Crippen LogP contribution in [0, 0.1) is 0 Å². The summed E-state index contributed by atoms with van der Waals surface area (Å²) in [6.45, 7) is 0. The van der Waals surface area contributed by atoms with E-state index in [0.29, 0.717) is 10.2 Å². The van der Waals surface area contributed by atoms with Gasteiger partial charge in [0.1, 0.15) is 0 Å². The number of amidine groups is 1. The number of methoxy groups -OCH3 is 1. The van der Waals surface area contributed by atoms with Crippen molar-refractivity contribution in [1.29, 1.82) is 0 Å². The Balaban J connectivity index is 1.61. The minimum atomic E-state index is -0.600. The first kappa shape index (κ1) is 20.2. The van der Waals surface area contributed by atoms with E-state index in [1.165, 1.54) is 7.11 Å². The molecule has 1 heterocycles. The number of thioether (sulfide) groups is 1. The second-order valence-corrected chi connectivity index (χ2v) is 7.89. The highest BCUT2D eigenvalue weighted by molar-refractivity contribution is 8.18. The molecule has 1 N–H and O–H groups in total. The van der Waals surface area contributed by atoms with Crippen LogP contribution in [-0.4, -0.2) is 30.4 Å². The van der Waals surface area contributed by atoms with E-state index in [0.717, 1.165) is 33.2 Å². The van der Waals surface area contributed by atoms with Gasteiger partial charge in [0.05, 0.1) is 23.3 Å². The lowest BCUT2D eigenvalue weighted by atomic mass is 10.2. The summed E-state index contributed by atoms with van der Waals surface area (Å²) in [5, 5.41) is 11.5. The summed E-state index contributed by atoms with van der Waals surface area (Å²) in [5.74, 6) is -1.01. The van der Waals surface area contributed by atoms with Crippen molar-refractivity contribution in [2.24, 2.45) is 10.2 Å². The molecular weight excluding hydrogens is 418 g/mol. The summed E-state index contributed by atoms with van der Waals surface area (Å²) < 4.78 is 4.50. The van der Waals surface area contributed by atoms with Crippen LogP contribution >= 0.6 is 35.1 Å². The maximum atomic E-state index is 11.7. The highest BCUT2D eigenvalue weighted by Gasteiger charge is 2.24. The molecule has 142 valence electrons. The summed E-state index contributed by atoms with van der Waals surface area (Å²) in [5.41, 5.74) is 0.854. The number of benzene rings is 2. The third kappa shape index (κ3) is 5.48. The maximum absolute atomic E-state index is 11.7. The average molecular weight is 432 g/mol. The van der Waals surface area contributed by atoms with Crippen LogP contribution in [0.2, 0.25) is 5.02 Å². The molecular formula is C19H14ClN3O3S2. The molecule has 0 aromatic heterocycles. The van der Waals surface area contributed by atoms with Crippen LogP contribution in [-0.2, 0) is 14.3 Å². The number of esters is 1. The SMILES string of the molecule is COC(=O)/C=C1/S/C(=N\N=Cc2ccc(Sc3ccccc3Cl)cc2)NC1=O. The van der Waals surface area contributed by atoms with E-state index in [9.17, 15) is 9.59 Å². The summed E-state index contributed by atoms with van der Waals surface area (Å²) in [4.78, 5) is 25.2. The Labute approximate surface area is 175 Å². The van der Waals surface area contributed by atoms with Gasteiger partial charge in [0.25, 0.3) is 5.91 Å². The smallest absolute Gasteiger partial charge is 0.331 e. The van der Waals surface area contributed by atoms with Crippen molar-refractivity contribution < 1.29 is 14.3 Å². The molecule has 0 spiro atoms. The van der Waals surface area contributed by atoms with Crippen molar-refractivity contribution in [3.63, 3.8) is 0 Å². The van der Waals surface area contributed by atoms with Crippen molar-refractivity contribution in [3.8, 4) is 0 Å². The van der Waals surface area contributed by atoms with E-state index in [4.69, 9.17) is 11.6 Å². The maximum Gasteiger partial charge on any atom is 0.331 e. The zero-order valence-corrected chi connectivity index (χ0v) is 17.0. The Morgan fingerprint density at radius 2 is 1.96 bits per heavy atom. The number of amides is 1. The molecule has 0 unspecified atom stereocenters. The monoisotopic (exact) mass is 431 g/mol. The first-order chi connectivity index (χ1) is 13.5. The number of hydrogen-bond acceptors (Lipinski definition) is 7. The molecule has 0 saturated carbocycles. The number of nitrogens with zero attached hydrogens (tertiary/aromatic N) is 2. The molecule has 0 aliphatic carbocycles. The lowest BCUT2D eigenvalue weighted by Crippen LogP contribution is -2.19. The molecule has 1 fully saturated rings. The Kier molecular flexibility index (Phi) is 6.91. The molecule has 0 bridgehead atoms. The number of rotatable bonds is 5. The molecule has 0 atom stereocenters. The van der Waals surface area contributed by atoms with E-state index in [1.807, 2.05) is 48.5 Å². The molecule has 28 heavy (non-hydrogen) atoms. The van der Waals surface area contributed by atoms with Gasteiger partial charge in [-0.15, -0.1) is 5.10 Å². The van der Waals surface area contributed by atoms with Gasteiger partial charge in [0, 0.05) is 15.9 Å². The van der Waals surface area contributed by atoms with Crippen molar-refractivity contribution >= 4 is 58.4 Å². The lowest BCUT2D eigenvalue weighted by molar-refractivity contribution is -0.135. The van der Waals surface area contributed by atoms with Gasteiger partial charge in [0.15, 0.2) is 5.17 Å². The van der Waals surface area contributed by atoms with Crippen LogP contribution in [0.4, 0.5) is 0 Å². The lowest BCUT2D eigenvalue weighted by Gasteiger charge is -2.03. The topological polar surface area (TPSA) is 80.1 Å². The second kappa shape index (κ2) is 9.59. The molecule has 1 amide bonds. The van der Waals surface area contributed by atoms with Crippen LogP contribution in [0.5, 0.6) is 0 Å². The second-order valence-electron chi connectivity index (χ2n) is 5.34. The van der Waals surface area contributed by atoms with Crippen LogP contribution < -0.4 is 5.32 Å². The Bertz CT molecular complexity index is 988. The van der Waals surface area contributed by atoms with Crippen molar-refractivity contribution in [2.45, 2.75) is 9.79 Å². The van der Waals surface area contributed by atoms with Crippen molar-refractivity contribution in [2.75, 3.05) is 7.11 Å².